The van der Waals surface area contributed by atoms with Crippen LogP contribution < -0.4 is 15.6 Å². The minimum absolute atomic E-state index is 0.0492. The molecule has 1 atom stereocenters. The minimum atomic E-state index is -1.23. The molecule has 2 aromatic carbocycles. The SMILES string of the molecule is CCC(C)c1ccc(OCC(=O)NNC(=O)c2ccccc2C(=O)O)cc1. The second-order valence-corrected chi connectivity index (χ2v) is 6.02. The van der Waals surface area contributed by atoms with Crippen molar-refractivity contribution in [3.63, 3.8) is 0 Å². The number of hydrogen-bond donors (Lipinski definition) is 3. The van der Waals surface area contributed by atoms with Crippen molar-refractivity contribution in [2.45, 2.75) is 26.2 Å². The number of amides is 2. The van der Waals surface area contributed by atoms with Crippen molar-refractivity contribution in [3.05, 3.63) is 65.2 Å². The Bertz CT molecular complexity index is 817. The number of carbonyl (C=O) groups excluding carboxylic acids is 2. The second-order valence-electron chi connectivity index (χ2n) is 6.02. The van der Waals surface area contributed by atoms with Gasteiger partial charge in [-0.3, -0.25) is 20.4 Å². The van der Waals surface area contributed by atoms with Crippen molar-refractivity contribution in [1.82, 2.24) is 10.9 Å². The summed E-state index contributed by atoms with van der Waals surface area (Å²) in [5, 5.41) is 9.08. The zero-order valence-corrected chi connectivity index (χ0v) is 15.2. The first kappa shape index (κ1) is 20.0. The molecule has 27 heavy (non-hydrogen) atoms. The van der Waals surface area contributed by atoms with Gasteiger partial charge in [0, 0.05) is 0 Å². The molecule has 2 rings (SSSR count). The van der Waals surface area contributed by atoms with E-state index in [9.17, 15) is 14.4 Å². The topological polar surface area (TPSA) is 105 Å². The number of hydrazine groups is 1. The summed E-state index contributed by atoms with van der Waals surface area (Å²) in [6.07, 6.45) is 1.04. The summed E-state index contributed by atoms with van der Waals surface area (Å²) in [6.45, 7) is 3.96. The van der Waals surface area contributed by atoms with Crippen LogP contribution in [-0.4, -0.2) is 29.5 Å². The molecule has 0 aliphatic carbocycles. The molecule has 2 amide bonds. The highest BCUT2D eigenvalue weighted by Gasteiger charge is 2.16. The summed E-state index contributed by atoms with van der Waals surface area (Å²) >= 11 is 0. The molecule has 0 spiro atoms. The van der Waals surface area contributed by atoms with Crippen molar-refractivity contribution in [3.8, 4) is 5.75 Å². The highest BCUT2D eigenvalue weighted by Crippen LogP contribution is 2.21. The van der Waals surface area contributed by atoms with E-state index < -0.39 is 17.8 Å². The van der Waals surface area contributed by atoms with Crippen LogP contribution in [0.2, 0.25) is 0 Å². The minimum Gasteiger partial charge on any atom is -0.484 e. The van der Waals surface area contributed by atoms with E-state index in [2.05, 4.69) is 24.7 Å². The number of hydrogen-bond acceptors (Lipinski definition) is 4. The third kappa shape index (κ3) is 5.57. The predicted octanol–water partition coefficient (Wildman–Crippen LogP) is 2.74. The number of aromatic carboxylic acids is 1. The lowest BCUT2D eigenvalue weighted by Gasteiger charge is -2.11. The fourth-order valence-electron chi connectivity index (χ4n) is 2.37. The molecule has 0 heterocycles. The first-order valence-corrected chi connectivity index (χ1v) is 8.56. The monoisotopic (exact) mass is 370 g/mol. The largest absolute Gasteiger partial charge is 0.484 e. The van der Waals surface area contributed by atoms with E-state index in [-0.39, 0.29) is 17.7 Å². The van der Waals surface area contributed by atoms with Crippen LogP contribution in [0.5, 0.6) is 5.75 Å². The lowest BCUT2D eigenvalue weighted by Crippen LogP contribution is -2.44. The average molecular weight is 370 g/mol. The molecule has 0 saturated carbocycles. The highest BCUT2D eigenvalue weighted by molar-refractivity contribution is 6.05. The molecule has 7 nitrogen and oxygen atoms in total. The van der Waals surface area contributed by atoms with Crippen molar-refractivity contribution in [1.29, 1.82) is 0 Å². The predicted molar refractivity (Wildman–Crippen MR) is 99.7 cm³/mol. The fraction of sp³-hybridized carbons (Fsp3) is 0.250. The number of carbonyl (C=O) groups is 3. The third-order valence-electron chi connectivity index (χ3n) is 4.15. The molecule has 0 aliphatic rings. The lowest BCUT2D eigenvalue weighted by atomic mass is 9.99. The smallest absolute Gasteiger partial charge is 0.336 e. The molecule has 2 aromatic rings. The van der Waals surface area contributed by atoms with Gasteiger partial charge in [0.05, 0.1) is 11.1 Å². The van der Waals surface area contributed by atoms with E-state index >= 15 is 0 Å². The Balaban J connectivity index is 1.84. The Morgan fingerprint density at radius 3 is 2.22 bits per heavy atom. The molecule has 0 fully saturated rings. The summed E-state index contributed by atoms with van der Waals surface area (Å²) < 4.78 is 5.38. The van der Waals surface area contributed by atoms with E-state index in [0.29, 0.717) is 11.7 Å². The van der Waals surface area contributed by atoms with Gasteiger partial charge in [-0.15, -0.1) is 0 Å². The molecule has 0 bridgehead atoms. The second kappa shape index (κ2) is 9.38. The van der Waals surface area contributed by atoms with E-state index in [1.54, 1.807) is 12.1 Å². The maximum absolute atomic E-state index is 12.0. The van der Waals surface area contributed by atoms with Gasteiger partial charge in [0.1, 0.15) is 5.75 Å². The molecule has 3 N–H and O–H groups in total. The van der Waals surface area contributed by atoms with Gasteiger partial charge in [0.2, 0.25) is 0 Å². The van der Waals surface area contributed by atoms with Crippen LogP contribution in [0, 0.1) is 0 Å². The van der Waals surface area contributed by atoms with E-state index in [4.69, 9.17) is 9.84 Å². The van der Waals surface area contributed by atoms with E-state index in [1.165, 1.54) is 29.8 Å². The highest BCUT2D eigenvalue weighted by atomic mass is 16.5. The Morgan fingerprint density at radius 2 is 1.63 bits per heavy atom. The molecule has 0 radical (unpaired) electrons. The molecule has 0 aliphatic heterocycles. The van der Waals surface area contributed by atoms with Crippen molar-refractivity contribution < 1.29 is 24.2 Å². The number of ether oxygens (including phenoxy) is 1. The standard InChI is InChI=1S/C20H22N2O5/c1-3-13(2)14-8-10-15(11-9-14)27-12-18(23)21-22-19(24)16-6-4-5-7-17(16)20(25)26/h4-11,13H,3,12H2,1-2H3,(H,21,23)(H,22,24)(H,25,26). The summed E-state index contributed by atoms with van der Waals surface area (Å²) in [6, 6.07) is 13.2. The first-order chi connectivity index (χ1) is 12.9. The number of nitrogens with one attached hydrogen (secondary N) is 2. The van der Waals surface area contributed by atoms with Crippen molar-refractivity contribution in [2.75, 3.05) is 6.61 Å². The van der Waals surface area contributed by atoms with Gasteiger partial charge in [-0.1, -0.05) is 38.1 Å². The Kier molecular flexibility index (Phi) is 6.93. The number of benzene rings is 2. The molecular weight excluding hydrogens is 348 g/mol. The summed E-state index contributed by atoms with van der Waals surface area (Å²) in [5.41, 5.74) is 5.37. The van der Waals surface area contributed by atoms with Crippen LogP contribution in [0.15, 0.2) is 48.5 Å². The van der Waals surface area contributed by atoms with Crippen molar-refractivity contribution in [2.24, 2.45) is 0 Å². The van der Waals surface area contributed by atoms with Crippen LogP contribution >= 0.6 is 0 Å². The summed E-state index contributed by atoms with van der Waals surface area (Å²) in [5.74, 6) is -1.52. The van der Waals surface area contributed by atoms with Crippen LogP contribution in [-0.2, 0) is 4.79 Å². The van der Waals surface area contributed by atoms with E-state index in [0.717, 1.165) is 6.42 Å². The summed E-state index contributed by atoms with van der Waals surface area (Å²) in [4.78, 5) is 35.0. The Morgan fingerprint density at radius 1 is 1.00 bits per heavy atom. The molecular formula is C20H22N2O5. The summed E-state index contributed by atoms with van der Waals surface area (Å²) in [7, 11) is 0. The molecule has 0 aromatic heterocycles. The van der Waals surface area contributed by atoms with Gasteiger partial charge in [0.25, 0.3) is 11.8 Å². The van der Waals surface area contributed by atoms with Gasteiger partial charge in [-0.25, -0.2) is 4.79 Å². The quantitative estimate of drug-likeness (QED) is 0.650. The zero-order chi connectivity index (χ0) is 19.8. The fourth-order valence-corrected chi connectivity index (χ4v) is 2.37. The molecule has 1 unspecified atom stereocenters. The molecule has 0 saturated heterocycles. The maximum atomic E-state index is 12.0. The number of carboxylic acids is 1. The Labute approximate surface area is 157 Å². The van der Waals surface area contributed by atoms with Crippen LogP contribution in [0.1, 0.15) is 52.5 Å². The van der Waals surface area contributed by atoms with Crippen molar-refractivity contribution >= 4 is 17.8 Å². The molecule has 7 heteroatoms. The maximum Gasteiger partial charge on any atom is 0.336 e. The third-order valence-corrected chi connectivity index (χ3v) is 4.15. The number of carboxylic acid groups (broad SMARTS) is 1. The van der Waals surface area contributed by atoms with Crippen LogP contribution in [0.25, 0.3) is 0 Å². The number of rotatable bonds is 7. The normalized spacial score (nSPS) is 11.3. The lowest BCUT2D eigenvalue weighted by molar-refractivity contribution is -0.123. The van der Waals surface area contributed by atoms with Gasteiger partial charge in [-0.2, -0.15) is 0 Å². The average Bonchev–Trinajstić information content (AvgIpc) is 2.70. The zero-order valence-electron chi connectivity index (χ0n) is 15.2. The van der Waals surface area contributed by atoms with Crippen LogP contribution in [0.3, 0.4) is 0 Å². The van der Waals surface area contributed by atoms with Gasteiger partial charge < -0.3 is 9.84 Å². The first-order valence-electron chi connectivity index (χ1n) is 8.56. The van der Waals surface area contributed by atoms with E-state index in [1.807, 2.05) is 12.1 Å². The van der Waals surface area contributed by atoms with Gasteiger partial charge in [-0.05, 0) is 42.2 Å². The van der Waals surface area contributed by atoms with Gasteiger partial charge >= 0.3 is 5.97 Å². The molecule has 142 valence electrons. The van der Waals surface area contributed by atoms with Crippen LogP contribution in [0.4, 0.5) is 0 Å². The van der Waals surface area contributed by atoms with Gasteiger partial charge in [0.15, 0.2) is 6.61 Å². The Hall–Kier alpha value is -3.35.